The van der Waals surface area contributed by atoms with Gasteiger partial charge in [-0.1, -0.05) is 37.9 Å². The zero-order valence-electron chi connectivity index (χ0n) is 7.46. The lowest BCUT2D eigenvalue weighted by Crippen LogP contribution is -2.00. The summed E-state index contributed by atoms with van der Waals surface area (Å²) in [6.45, 7) is -0.0595. The first-order chi connectivity index (χ1) is 6.69. The van der Waals surface area contributed by atoms with E-state index in [0.29, 0.717) is 17.3 Å². The number of ketones is 1. The number of hydrogen-bond acceptors (Lipinski definition) is 2. The van der Waals surface area contributed by atoms with Crippen molar-refractivity contribution >= 4 is 37.6 Å². The summed E-state index contributed by atoms with van der Waals surface area (Å²) >= 11 is 6.52. The number of Topliss-reactive ketones (excluding diaryl/α,β-unsaturated/α-hetero) is 1. The van der Waals surface area contributed by atoms with E-state index in [4.69, 9.17) is 5.11 Å². The van der Waals surface area contributed by atoms with Crippen molar-refractivity contribution in [3.63, 3.8) is 0 Å². The molecule has 1 aromatic rings. The molecule has 0 spiro atoms. The van der Waals surface area contributed by atoms with E-state index in [1.54, 1.807) is 18.2 Å². The minimum Gasteiger partial charge on any atom is -0.392 e. The number of hydrogen-bond donors (Lipinski definition) is 1. The molecule has 0 aliphatic heterocycles. The third-order valence-corrected chi connectivity index (χ3v) is 3.03. The smallest absolute Gasteiger partial charge is 0.163 e. The van der Waals surface area contributed by atoms with Crippen LogP contribution in [0.1, 0.15) is 22.3 Å². The lowest BCUT2D eigenvalue weighted by molar-refractivity contribution is 0.0989. The summed E-state index contributed by atoms with van der Waals surface area (Å²) in [5, 5.41) is 9.67. The molecular weight excluding hydrogens is 312 g/mol. The minimum atomic E-state index is -0.0595. The fourth-order valence-corrected chi connectivity index (χ4v) is 1.83. The van der Waals surface area contributed by atoms with Crippen LogP contribution in [0.3, 0.4) is 0 Å². The van der Waals surface area contributed by atoms with Crippen LogP contribution in [0, 0.1) is 0 Å². The minimum absolute atomic E-state index is 0.0595. The van der Waals surface area contributed by atoms with Crippen molar-refractivity contribution in [1.82, 2.24) is 0 Å². The number of rotatable bonds is 4. The number of alkyl halides is 1. The number of carbonyl (C=O) groups excluding carboxylic acids is 1. The van der Waals surface area contributed by atoms with Gasteiger partial charge in [-0.15, -0.1) is 0 Å². The van der Waals surface area contributed by atoms with Crippen molar-refractivity contribution in [1.29, 1.82) is 0 Å². The molecule has 0 atom stereocenters. The van der Waals surface area contributed by atoms with Crippen molar-refractivity contribution in [2.24, 2.45) is 0 Å². The van der Waals surface area contributed by atoms with Crippen LogP contribution in [0.2, 0.25) is 0 Å². The van der Waals surface area contributed by atoms with Crippen molar-refractivity contribution in [3.05, 3.63) is 33.8 Å². The lowest BCUT2D eigenvalue weighted by atomic mass is 10.1. The number of aliphatic hydroxyl groups is 1. The molecule has 0 amide bonds. The molecule has 0 radical (unpaired) electrons. The van der Waals surface area contributed by atoms with Gasteiger partial charge in [0.1, 0.15) is 0 Å². The van der Waals surface area contributed by atoms with E-state index in [1.807, 2.05) is 0 Å². The van der Waals surface area contributed by atoms with Gasteiger partial charge in [0.2, 0.25) is 0 Å². The van der Waals surface area contributed by atoms with Crippen LogP contribution in [0.25, 0.3) is 0 Å². The van der Waals surface area contributed by atoms with Crippen molar-refractivity contribution < 1.29 is 9.90 Å². The Bertz CT molecular complexity index is 337. The standard InChI is InChI=1S/C10H10Br2O2/c11-4-3-10(14)7-1-2-9(12)8(5-7)6-13/h1-2,5,13H,3-4,6H2. The molecule has 0 bridgehead atoms. The molecular formula is C10H10Br2O2. The molecule has 0 saturated heterocycles. The highest BCUT2D eigenvalue weighted by atomic mass is 79.9. The van der Waals surface area contributed by atoms with Crippen molar-refractivity contribution in [2.45, 2.75) is 13.0 Å². The molecule has 0 heterocycles. The third kappa shape index (κ3) is 2.90. The van der Waals surface area contributed by atoms with Crippen LogP contribution < -0.4 is 0 Å². The molecule has 0 aliphatic carbocycles. The van der Waals surface area contributed by atoms with E-state index < -0.39 is 0 Å². The van der Waals surface area contributed by atoms with Crippen molar-refractivity contribution in [3.8, 4) is 0 Å². The average molecular weight is 322 g/mol. The summed E-state index contributed by atoms with van der Waals surface area (Å²) in [5.41, 5.74) is 1.39. The van der Waals surface area contributed by atoms with E-state index in [-0.39, 0.29) is 12.4 Å². The van der Waals surface area contributed by atoms with Gasteiger partial charge in [-0.05, 0) is 17.7 Å². The predicted molar refractivity (Wildman–Crippen MR) is 62.8 cm³/mol. The Labute approximate surface area is 99.6 Å². The fourth-order valence-electron chi connectivity index (χ4n) is 1.10. The van der Waals surface area contributed by atoms with Gasteiger partial charge in [-0.2, -0.15) is 0 Å². The molecule has 0 aliphatic rings. The Hall–Kier alpha value is -0.190. The van der Waals surface area contributed by atoms with E-state index in [2.05, 4.69) is 31.9 Å². The molecule has 0 fully saturated rings. The molecule has 14 heavy (non-hydrogen) atoms. The summed E-state index contributed by atoms with van der Waals surface area (Å²) in [7, 11) is 0. The number of benzene rings is 1. The van der Waals surface area contributed by atoms with Gasteiger partial charge in [0, 0.05) is 21.8 Å². The second kappa shape index (κ2) is 5.63. The maximum Gasteiger partial charge on any atom is 0.163 e. The number of aliphatic hydroxyl groups excluding tert-OH is 1. The van der Waals surface area contributed by atoms with Gasteiger partial charge in [0.15, 0.2) is 5.78 Å². The normalized spacial score (nSPS) is 10.2. The van der Waals surface area contributed by atoms with E-state index in [0.717, 1.165) is 10.0 Å². The average Bonchev–Trinajstić information content (AvgIpc) is 2.19. The second-order valence-electron chi connectivity index (χ2n) is 2.83. The summed E-state index contributed by atoms with van der Waals surface area (Å²) in [5.74, 6) is 0.0871. The van der Waals surface area contributed by atoms with Crippen LogP contribution in [-0.4, -0.2) is 16.2 Å². The predicted octanol–water partition coefficient (Wildman–Crippen LogP) is 2.91. The van der Waals surface area contributed by atoms with Gasteiger partial charge in [-0.3, -0.25) is 4.79 Å². The quantitative estimate of drug-likeness (QED) is 0.684. The molecule has 0 aromatic heterocycles. The Morgan fingerprint density at radius 2 is 2.14 bits per heavy atom. The van der Waals surface area contributed by atoms with Crippen LogP contribution in [0.15, 0.2) is 22.7 Å². The molecule has 1 N–H and O–H groups in total. The Balaban J connectivity index is 2.94. The van der Waals surface area contributed by atoms with E-state index >= 15 is 0 Å². The largest absolute Gasteiger partial charge is 0.392 e. The summed E-state index contributed by atoms with van der Waals surface area (Å²) in [4.78, 5) is 11.5. The van der Waals surface area contributed by atoms with Crippen LogP contribution in [-0.2, 0) is 6.61 Å². The molecule has 1 rings (SSSR count). The highest BCUT2D eigenvalue weighted by Crippen LogP contribution is 2.19. The van der Waals surface area contributed by atoms with Gasteiger partial charge < -0.3 is 5.11 Å². The Morgan fingerprint density at radius 1 is 1.43 bits per heavy atom. The molecule has 1 aromatic carbocycles. The topological polar surface area (TPSA) is 37.3 Å². The van der Waals surface area contributed by atoms with E-state index in [9.17, 15) is 4.79 Å². The van der Waals surface area contributed by atoms with Gasteiger partial charge in [0.05, 0.1) is 6.61 Å². The highest BCUT2D eigenvalue weighted by Gasteiger charge is 2.07. The maximum absolute atomic E-state index is 11.5. The summed E-state index contributed by atoms with van der Waals surface area (Å²) in [6.07, 6.45) is 0.479. The summed E-state index contributed by atoms with van der Waals surface area (Å²) in [6, 6.07) is 5.26. The SMILES string of the molecule is O=C(CCBr)c1ccc(Br)c(CO)c1. The van der Waals surface area contributed by atoms with Gasteiger partial charge in [0.25, 0.3) is 0 Å². The van der Waals surface area contributed by atoms with E-state index in [1.165, 1.54) is 0 Å². The van der Waals surface area contributed by atoms with Crippen LogP contribution >= 0.6 is 31.9 Å². The first-order valence-electron chi connectivity index (χ1n) is 4.17. The van der Waals surface area contributed by atoms with Crippen LogP contribution in [0.5, 0.6) is 0 Å². The molecule has 76 valence electrons. The summed E-state index contributed by atoms with van der Waals surface area (Å²) < 4.78 is 0.829. The highest BCUT2D eigenvalue weighted by molar-refractivity contribution is 9.10. The second-order valence-corrected chi connectivity index (χ2v) is 4.47. The van der Waals surface area contributed by atoms with Crippen LogP contribution in [0.4, 0.5) is 0 Å². The fraction of sp³-hybridized carbons (Fsp3) is 0.300. The van der Waals surface area contributed by atoms with Gasteiger partial charge >= 0.3 is 0 Å². The zero-order valence-corrected chi connectivity index (χ0v) is 10.6. The van der Waals surface area contributed by atoms with Crippen molar-refractivity contribution in [2.75, 3.05) is 5.33 Å². The number of carbonyl (C=O) groups is 1. The molecule has 2 nitrogen and oxygen atoms in total. The maximum atomic E-state index is 11.5. The Morgan fingerprint density at radius 3 is 2.71 bits per heavy atom. The van der Waals surface area contributed by atoms with Gasteiger partial charge in [-0.25, -0.2) is 0 Å². The lowest BCUT2D eigenvalue weighted by Gasteiger charge is -2.03. The zero-order chi connectivity index (χ0) is 10.6. The number of halogens is 2. The molecule has 4 heteroatoms. The third-order valence-electron chi connectivity index (χ3n) is 1.86. The first kappa shape index (κ1) is 11.9. The first-order valence-corrected chi connectivity index (χ1v) is 6.09. The molecule has 0 saturated carbocycles. The molecule has 0 unspecified atom stereocenters. The monoisotopic (exact) mass is 320 g/mol. The Kier molecular flexibility index (Phi) is 4.78.